The van der Waals surface area contributed by atoms with Gasteiger partial charge >= 0.3 is 0 Å². The quantitative estimate of drug-likeness (QED) is 0.798. The summed E-state index contributed by atoms with van der Waals surface area (Å²) in [4.78, 5) is 11.8. The third-order valence-electron chi connectivity index (χ3n) is 2.48. The number of hydrogen-bond acceptors (Lipinski definition) is 2. The zero-order valence-corrected chi connectivity index (χ0v) is 9.05. The van der Waals surface area contributed by atoms with E-state index in [1.807, 2.05) is 0 Å². The van der Waals surface area contributed by atoms with Crippen LogP contribution in [0, 0.1) is 0 Å². The van der Waals surface area contributed by atoms with E-state index in [0.29, 0.717) is 10.6 Å². The summed E-state index contributed by atoms with van der Waals surface area (Å²) in [5.74, 6) is -0.0498. The largest absolute Gasteiger partial charge is 0.348 e. The Labute approximate surface area is 93.8 Å². The summed E-state index contributed by atoms with van der Waals surface area (Å²) < 4.78 is 0. The van der Waals surface area contributed by atoms with E-state index in [2.05, 4.69) is 10.6 Å². The fourth-order valence-corrected chi connectivity index (χ4v) is 1.87. The zero-order valence-electron chi connectivity index (χ0n) is 8.29. The number of amides is 1. The lowest BCUT2D eigenvalue weighted by molar-refractivity contribution is 0.0940. The van der Waals surface area contributed by atoms with Crippen LogP contribution in [0.25, 0.3) is 0 Å². The molecule has 1 amide bonds. The first kappa shape index (κ1) is 10.5. The van der Waals surface area contributed by atoms with Crippen molar-refractivity contribution in [3.8, 4) is 0 Å². The van der Waals surface area contributed by atoms with Gasteiger partial charge < -0.3 is 10.6 Å². The van der Waals surface area contributed by atoms with Crippen molar-refractivity contribution in [1.29, 1.82) is 0 Å². The Kier molecular flexibility index (Phi) is 3.23. The molecule has 0 radical (unpaired) electrons. The van der Waals surface area contributed by atoms with Gasteiger partial charge in [-0.15, -0.1) is 0 Å². The predicted octanol–water partition coefficient (Wildman–Crippen LogP) is 1.43. The molecule has 2 N–H and O–H groups in total. The van der Waals surface area contributed by atoms with E-state index < -0.39 is 0 Å². The van der Waals surface area contributed by atoms with Crippen LogP contribution in [0.3, 0.4) is 0 Å². The minimum Gasteiger partial charge on any atom is -0.348 e. The third kappa shape index (κ3) is 2.70. The molecule has 15 heavy (non-hydrogen) atoms. The highest BCUT2D eigenvalue weighted by Crippen LogP contribution is 2.11. The number of benzene rings is 1. The summed E-state index contributed by atoms with van der Waals surface area (Å²) in [6.45, 7) is 1.83. The number of halogens is 1. The molecular weight excluding hydrogens is 212 g/mol. The SMILES string of the molecule is O=C(NC1CCNC1)c1cccc(Cl)c1. The van der Waals surface area contributed by atoms with Gasteiger partial charge in [0.05, 0.1) is 0 Å². The van der Waals surface area contributed by atoms with Crippen molar-refractivity contribution in [1.82, 2.24) is 10.6 Å². The van der Waals surface area contributed by atoms with E-state index in [1.165, 1.54) is 0 Å². The molecule has 1 aromatic carbocycles. The van der Waals surface area contributed by atoms with Crippen LogP contribution in [0.15, 0.2) is 24.3 Å². The summed E-state index contributed by atoms with van der Waals surface area (Å²) in [5, 5.41) is 6.75. The lowest BCUT2D eigenvalue weighted by Gasteiger charge is -2.11. The van der Waals surface area contributed by atoms with Gasteiger partial charge in [0.1, 0.15) is 0 Å². The van der Waals surface area contributed by atoms with Crippen LogP contribution in [0.1, 0.15) is 16.8 Å². The molecule has 2 rings (SSSR count). The van der Waals surface area contributed by atoms with Crippen molar-refractivity contribution in [3.63, 3.8) is 0 Å². The minimum atomic E-state index is -0.0498. The standard InChI is InChI=1S/C11H13ClN2O/c12-9-3-1-2-8(6-9)11(15)14-10-4-5-13-7-10/h1-3,6,10,13H,4-5,7H2,(H,14,15). The van der Waals surface area contributed by atoms with Crippen LogP contribution in [0.2, 0.25) is 5.02 Å². The molecule has 4 heteroatoms. The Morgan fingerprint density at radius 2 is 2.40 bits per heavy atom. The van der Waals surface area contributed by atoms with Gasteiger partial charge in [-0.1, -0.05) is 17.7 Å². The van der Waals surface area contributed by atoms with Crippen molar-refractivity contribution in [3.05, 3.63) is 34.9 Å². The molecule has 1 saturated heterocycles. The number of carbonyl (C=O) groups excluding carboxylic acids is 1. The average Bonchev–Trinajstić information content (AvgIpc) is 2.70. The van der Waals surface area contributed by atoms with Gasteiger partial charge in [0.2, 0.25) is 0 Å². The summed E-state index contributed by atoms with van der Waals surface area (Å²) >= 11 is 5.81. The van der Waals surface area contributed by atoms with E-state index in [-0.39, 0.29) is 11.9 Å². The van der Waals surface area contributed by atoms with E-state index in [9.17, 15) is 4.79 Å². The monoisotopic (exact) mass is 224 g/mol. The van der Waals surface area contributed by atoms with Crippen molar-refractivity contribution >= 4 is 17.5 Å². The molecule has 0 bridgehead atoms. The maximum atomic E-state index is 11.8. The molecule has 1 fully saturated rings. The van der Waals surface area contributed by atoms with Crippen LogP contribution < -0.4 is 10.6 Å². The Balaban J connectivity index is 2.01. The number of nitrogens with one attached hydrogen (secondary N) is 2. The molecule has 80 valence electrons. The summed E-state index contributed by atoms with van der Waals surface area (Å²) in [6, 6.07) is 7.24. The van der Waals surface area contributed by atoms with E-state index >= 15 is 0 Å². The molecule has 1 aromatic rings. The molecule has 0 saturated carbocycles. The first-order valence-electron chi connectivity index (χ1n) is 5.03. The van der Waals surface area contributed by atoms with Gasteiger partial charge in [-0.05, 0) is 31.2 Å². The highest BCUT2D eigenvalue weighted by molar-refractivity contribution is 6.30. The highest BCUT2D eigenvalue weighted by Gasteiger charge is 2.17. The topological polar surface area (TPSA) is 41.1 Å². The number of hydrogen-bond donors (Lipinski definition) is 2. The lowest BCUT2D eigenvalue weighted by atomic mass is 10.2. The first-order valence-corrected chi connectivity index (χ1v) is 5.40. The fourth-order valence-electron chi connectivity index (χ4n) is 1.68. The van der Waals surface area contributed by atoms with Crippen molar-refractivity contribution in [2.24, 2.45) is 0 Å². The average molecular weight is 225 g/mol. The van der Waals surface area contributed by atoms with Gasteiger partial charge in [0.15, 0.2) is 0 Å². The molecule has 1 aliphatic heterocycles. The molecule has 1 atom stereocenters. The Morgan fingerprint density at radius 1 is 1.53 bits per heavy atom. The van der Waals surface area contributed by atoms with Gasteiger partial charge in [0.25, 0.3) is 5.91 Å². The fraction of sp³-hybridized carbons (Fsp3) is 0.364. The Hall–Kier alpha value is -1.06. The lowest BCUT2D eigenvalue weighted by Crippen LogP contribution is -2.36. The second-order valence-electron chi connectivity index (χ2n) is 3.67. The second-order valence-corrected chi connectivity index (χ2v) is 4.11. The van der Waals surface area contributed by atoms with Crippen LogP contribution in [0.4, 0.5) is 0 Å². The summed E-state index contributed by atoms with van der Waals surface area (Å²) in [6.07, 6.45) is 0.992. The van der Waals surface area contributed by atoms with E-state index in [0.717, 1.165) is 19.5 Å². The third-order valence-corrected chi connectivity index (χ3v) is 2.72. The molecule has 0 aromatic heterocycles. The van der Waals surface area contributed by atoms with Gasteiger partial charge in [0, 0.05) is 23.2 Å². The molecular formula is C11H13ClN2O. The van der Waals surface area contributed by atoms with Crippen LogP contribution in [0.5, 0.6) is 0 Å². The number of carbonyl (C=O) groups is 1. The van der Waals surface area contributed by atoms with Crippen LogP contribution in [-0.2, 0) is 0 Å². The molecule has 3 nitrogen and oxygen atoms in total. The second kappa shape index (κ2) is 4.64. The zero-order chi connectivity index (χ0) is 10.7. The maximum absolute atomic E-state index is 11.8. The van der Waals surface area contributed by atoms with E-state index in [4.69, 9.17) is 11.6 Å². The van der Waals surface area contributed by atoms with Crippen molar-refractivity contribution < 1.29 is 4.79 Å². The van der Waals surface area contributed by atoms with Crippen molar-refractivity contribution in [2.75, 3.05) is 13.1 Å². The molecule has 0 aliphatic carbocycles. The van der Waals surface area contributed by atoms with E-state index in [1.54, 1.807) is 24.3 Å². The summed E-state index contributed by atoms with van der Waals surface area (Å²) in [5.41, 5.74) is 0.620. The Morgan fingerprint density at radius 3 is 3.07 bits per heavy atom. The maximum Gasteiger partial charge on any atom is 0.251 e. The smallest absolute Gasteiger partial charge is 0.251 e. The van der Waals surface area contributed by atoms with Crippen LogP contribution in [-0.4, -0.2) is 25.0 Å². The summed E-state index contributed by atoms with van der Waals surface area (Å²) in [7, 11) is 0. The molecule has 1 heterocycles. The first-order chi connectivity index (χ1) is 7.25. The van der Waals surface area contributed by atoms with Gasteiger partial charge in [-0.2, -0.15) is 0 Å². The molecule has 0 spiro atoms. The predicted molar refractivity (Wildman–Crippen MR) is 60.2 cm³/mol. The van der Waals surface area contributed by atoms with Crippen LogP contribution >= 0.6 is 11.6 Å². The number of rotatable bonds is 2. The minimum absolute atomic E-state index is 0.0498. The van der Waals surface area contributed by atoms with Gasteiger partial charge in [-0.3, -0.25) is 4.79 Å². The highest BCUT2D eigenvalue weighted by atomic mass is 35.5. The molecule has 1 aliphatic rings. The van der Waals surface area contributed by atoms with Crippen molar-refractivity contribution in [2.45, 2.75) is 12.5 Å². The normalized spacial score (nSPS) is 20.2. The Bertz CT molecular complexity index is 361. The molecule has 1 unspecified atom stereocenters. The van der Waals surface area contributed by atoms with Gasteiger partial charge in [-0.25, -0.2) is 0 Å².